The summed E-state index contributed by atoms with van der Waals surface area (Å²) in [5.41, 5.74) is 6.05. The molecule has 7 rings (SSSR count). The molecule has 11 heteroatoms. The van der Waals surface area contributed by atoms with Crippen molar-refractivity contribution in [1.82, 2.24) is 4.57 Å². The van der Waals surface area contributed by atoms with Crippen LogP contribution in [0, 0.1) is 0 Å². The summed E-state index contributed by atoms with van der Waals surface area (Å²) in [5.74, 6) is -0.629. The van der Waals surface area contributed by atoms with E-state index >= 15 is 0 Å². The van der Waals surface area contributed by atoms with E-state index in [2.05, 4.69) is 69.8 Å². The van der Waals surface area contributed by atoms with E-state index < -0.39 is 20.2 Å². The van der Waals surface area contributed by atoms with Crippen molar-refractivity contribution in [3.05, 3.63) is 118 Å². The summed E-state index contributed by atoms with van der Waals surface area (Å²) in [4.78, 5) is 0. The Hall–Kier alpha value is -4.06. The van der Waals surface area contributed by atoms with Gasteiger partial charge in [-0.05, 0) is 65.8 Å². The van der Waals surface area contributed by atoms with Gasteiger partial charge in [-0.15, -0.1) is 0 Å². The van der Waals surface area contributed by atoms with Gasteiger partial charge in [0.25, 0.3) is 20.2 Å². The number of rotatable bonds is 11. The van der Waals surface area contributed by atoms with Crippen LogP contribution in [0.15, 0.2) is 107 Å². The highest BCUT2D eigenvalue weighted by Crippen LogP contribution is 2.37. The molecule has 0 radical (unpaired) electrons. The Morgan fingerprint density at radius 3 is 2.20 bits per heavy atom. The van der Waals surface area contributed by atoms with Gasteiger partial charge in [0.15, 0.2) is 6.54 Å². The molecule has 0 unspecified atom stereocenters. The summed E-state index contributed by atoms with van der Waals surface area (Å²) in [6.07, 6.45) is 11.3. The molecular weight excluding hydrogens is 680 g/mol. The first-order chi connectivity index (χ1) is 23.5. The van der Waals surface area contributed by atoms with Crippen LogP contribution in [-0.4, -0.2) is 58.8 Å². The van der Waals surface area contributed by atoms with E-state index in [0.717, 1.165) is 85.2 Å². The molecule has 1 aliphatic heterocycles. The Balaban J connectivity index is 1.27. The summed E-state index contributed by atoms with van der Waals surface area (Å²) < 4.78 is 68.9. The van der Waals surface area contributed by atoms with Crippen molar-refractivity contribution in [1.29, 1.82) is 0 Å². The van der Waals surface area contributed by atoms with Crippen LogP contribution < -0.4 is 5.35 Å². The molecule has 2 aliphatic rings. The standard InChI is InChI=1S/C38H35ClN2O6S2/c39-38-28(18-20-32-30-14-2-8-26-10-4-16-34(36(26)30)40(32)22-6-24-48(42,43)44)12-1-13-29(38)19-21-33-31-15-3-9-27-11-5-17-35(37(27)31)41(33)23-7-25-49(45,46)47/h2-5,8-11,14-21H,1,6-7,12-13,22-25H2,(H-,42,43,44,45,46,47)/p+1. The van der Waals surface area contributed by atoms with Crippen LogP contribution >= 0.6 is 11.6 Å². The van der Waals surface area contributed by atoms with Gasteiger partial charge in [0, 0.05) is 51.8 Å². The quantitative estimate of drug-likeness (QED) is 0.109. The minimum absolute atomic E-state index is 0.274. The number of hydrogen-bond donors (Lipinski definition) is 2. The van der Waals surface area contributed by atoms with Crippen molar-refractivity contribution in [2.24, 2.45) is 0 Å². The number of halogens is 1. The maximum atomic E-state index is 11.5. The molecule has 4 aromatic carbocycles. The molecule has 0 bridgehead atoms. The number of allylic oxidation sites excluding steroid dienone is 6. The van der Waals surface area contributed by atoms with Crippen LogP contribution in [0.4, 0.5) is 5.69 Å². The summed E-state index contributed by atoms with van der Waals surface area (Å²) in [5, 5.41) is 7.13. The van der Waals surface area contributed by atoms with Gasteiger partial charge >= 0.3 is 0 Å². The average molecular weight is 716 g/mol. The highest BCUT2D eigenvalue weighted by Gasteiger charge is 2.30. The van der Waals surface area contributed by atoms with Gasteiger partial charge in [-0.1, -0.05) is 78.4 Å². The SMILES string of the molecule is O=S(=O)(O)CCCn1c(=CC=C2CCCC(C=CC3=[N+](CCCS(=O)(=O)O)c4cccc5cccc3c45)=C2Cl)c2cccc3cccc1c32. The fourth-order valence-electron chi connectivity index (χ4n) is 7.29. The summed E-state index contributed by atoms with van der Waals surface area (Å²) in [6, 6.07) is 24.5. The molecule has 0 spiro atoms. The second kappa shape index (κ2) is 13.3. The summed E-state index contributed by atoms with van der Waals surface area (Å²) in [6.45, 7) is 0.850. The third-order valence-corrected chi connectivity index (χ3v) is 11.5. The number of aromatic nitrogens is 1. The Morgan fingerprint density at radius 1 is 0.776 bits per heavy atom. The topological polar surface area (TPSA) is 117 Å². The Morgan fingerprint density at radius 2 is 1.45 bits per heavy atom. The van der Waals surface area contributed by atoms with Gasteiger partial charge in [-0.25, -0.2) is 0 Å². The molecule has 1 aromatic heterocycles. The predicted octanol–water partition coefficient (Wildman–Crippen LogP) is 7.31. The normalized spacial score (nSPS) is 17.0. The van der Waals surface area contributed by atoms with Crippen LogP contribution in [-0.2, 0) is 26.8 Å². The zero-order chi connectivity index (χ0) is 34.3. The van der Waals surface area contributed by atoms with Crippen molar-refractivity contribution >= 4 is 81.8 Å². The Bertz CT molecular complexity index is 2530. The second-order valence-electron chi connectivity index (χ2n) is 12.6. The number of aryl methyl sites for hydroxylation is 1. The molecule has 0 saturated carbocycles. The number of nitrogens with zero attached hydrogens (tertiary/aromatic N) is 2. The average Bonchev–Trinajstić information content (AvgIpc) is 3.53. The third-order valence-electron chi connectivity index (χ3n) is 9.39. The molecule has 252 valence electrons. The molecule has 0 saturated heterocycles. The van der Waals surface area contributed by atoms with Gasteiger partial charge in [0.2, 0.25) is 11.4 Å². The first-order valence-electron chi connectivity index (χ1n) is 16.3. The minimum Gasteiger partial charge on any atom is -0.340 e. The van der Waals surface area contributed by atoms with Gasteiger partial charge in [-0.2, -0.15) is 21.4 Å². The molecule has 0 fully saturated rings. The molecule has 0 atom stereocenters. The van der Waals surface area contributed by atoms with Gasteiger partial charge in [-0.3, -0.25) is 9.11 Å². The third kappa shape index (κ3) is 6.89. The van der Waals surface area contributed by atoms with Gasteiger partial charge in [0.1, 0.15) is 0 Å². The van der Waals surface area contributed by atoms with E-state index in [1.807, 2.05) is 36.4 Å². The van der Waals surface area contributed by atoms with Crippen LogP contribution in [0.5, 0.6) is 0 Å². The van der Waals surface area contributed by atoms with Crippen molar-refractivity contribution in [3.8, 4) is 0 Å². The van der Waals surface area contributed by atoms with E-state index in [4.69, 9.17) is 11.6 Å². The summed E-state index contributed by atoms with van der Waals surface area (Å²) >= 11 is 7.11. The van der Waals surface area contributed by atoms with Crippen LogP contribution in [0.25, 0.3) is 38.5 Å². The maximum absolute atomic E-state index is 11.5. The van der Waals surface area contributed by atoms with Gasteiger partial charge in [0.05, 0.1) is 22.5 Å². The van der Waals surface area contributed by atoms with E-state index in [-0.39, 0.29) is 24.3 Å². The lowest BCUT2D eigenvalue weighted by Gasteiger charge is -2.16. The lowest BCUT2D eigenvalue weighted by atomic mass is 9.93. The highest BCUT2D eigenvalue weighted by atomic mass is 35.5. The lowest BCUT2D eigenvalue weighted by molar-refractivity contribution is -0.435. The monoisotopic (exact) mass is 715 g/mol. The largest absolute Gasteiger partial charge is 0.340 e. The first-order valence-corrected chi connectivity index (χ1v) is 19.9. The number of hydrogen-bond acceptors (Lipinski definition) is 4. The zero-order valence-corrected chi connectivity index (χ0v) is 29.1. The van der Waals surface area contributed by atoms with Crippen molar-refractivity contribution < 1.29 is 30.5 Å². The summed E-state index contributed by atoms with van der Waals surface area (Å²) in [7, 11) is -8.15. The molecule has 5 aromatic rings. The molecule has 8 nitrogen and oxygen atoms in total. The molecule has 1 aliphatic carbocycles. The predicted molar refractivity (Wildman–Crippen MR) is 198 cm³/mol. The smallest absolute Gasteiger partial charge is 0.265 e. The molecule has 2 N–H and O–H groups in total. The van der Waals surface area contributed by atoms with Crippen molar-refractivity contribution in [2.45, 2.75) is 38.6 Å². The fraction of sp³-hybridized carbons (Fsp3) is 0.237. The van der Waals surface area contributed by atoms with Crippen LogP contribution in [0.1, 0.15) is 37.7 Å². The van der Waals surface area contributed by atoms with E-state index in [1.165, 1.54) is 0 Å². The minimum atomic E-state index is -4.07. The molecule has 2 heterocycles. The Labute approximate surface area is 290 Å². The molecular formula is C38H36ClN2O6S2+. The first kappa shape index (κ1) is 33.4. The second-order valence-corrected chi connectivity index (χ2v) is 16.1. The van der Waals surface area contributed by atoms with Crippen molar-refractivity contribution in [2.75, 3.05) is 18.1 Å². The van der Waals surface area contributed by atoms with Crippen LogP contribution in [0.2, 0.25) is 0 Å². The van der Waals surface area contributed by atoms with Crippen LogP contribution in [0.3, 0.4) is 0 Å². The Kier molecular flexibility index (Phi) is 9.10. The van der Waals surface area contributed by atoms with E-state index in [0.29, 0.717) is 18.1 Å². The molecule has 0 amide bonds. The van der Waals surface area contributed by atoms with E-state index in [1.54, 1.807) is 0 Å². The van der Waals surface area contributed by atoms with E-state index in [9.17, 15) is 25.9 Å². The maximum Gasteiger partial charge on any atom is 0.265 e. The highest BCUT2D eigenvalue weighted by molar-refractivity contribution is 7.86. The number of benzene rings is 4. The lowest BCUT2D eigenvalue weighted by Crippen LogP contribution is -2.18. The molecule has 49 heavy (non-hydrogen) atoms. The fourth-order valence-corrected chi connectivity index (χ4v) is 8.59. The zero-order valence-electron chi connectivity index (χ0n) is 26.7. The van der Waals surface area contributed by atoms with Gasteiger partial charge < -0.3 is 4.57 Å². The van der Waals surface area contributed by atoms with Crippen molar-refractivity contribution in [3.63, 3.8) is 0 Å².